The Hall–Kier alpha value is -0.930. The number of nitrogens with zero attached hydrogens (tertiary/aromatic N) is 1. The molecule has 1 aromatic carbocycles. The molecule has 2 unspecified atom stereocenters. The lowest BCUT2D eigenvalue weighted by Gasteiger charge is -2.31. The van der Waals surface area contributed by atoms with E-state index in [0.717, 1.165) is 18.5 Å². The van der Waals surface area contributed by atoms with Crippen LogP contribution in [0.4, 0.5) is 4.39 Å². The van der Waals surface area contributed by atoms with E-state index in [9.17, 15) is 4.39 Å². The van der Waals surface area contributed by atoms with Gasteiger partial charge in [-0.25, -0.2) is 4.39 Å². The predicted molar refractivity (Wildman–Crippen MR) is 75.1 cm³/mol. The van der Waals surface area contributed by atoms with Gasteiger partial charge in [-0.15, -0.1) is 0 Å². The molecule has 1 aliphatic heterocycles. The molecule has 2 N–H and O–H groups in total. The van der Waals surface area contributed by atoms with Gasteiger partial charge in [-0.2, -0.15) is 0 Å². The van der Waals surface area contributed by atoms with Gasteiger partial charge in [0, 0.05) is 24.7 Å². The Balaban J connectivity index is 1.71. The Morgan fingerprint density at radius 3 is 2.89 bits per heavy atom. The van der Waals surface area contributed by atoms with Crippen molar-refractivity contribution in [3.8, 4) is 0 Å². The van der Waals surface area contributed by atoms with Crippen LogP contribution in [0.5, 0.6) is 0 Å². The SMILES string of the molecule is NCc1cc(CN2CCC3CCCCC32)ccc1F. The van der Waals surface area contributed by atoms with Crippen molar-refractivity contribution in [3.63, 3.8) is 0 Å². The molecule has 3 rings (SSSR count). The minimum atomic E-state index is -0.178. The molecule has 3 heteroatoms. The van der Waals surface area contributed by atoms with Gasteiger partial charge in [-0.05, 0) is 43.4 Å². The highest BCUT2D eigenvalue weighted by Gasteiger charge is 2.35. The number of likely N-dealkylation sites (tertiary alicyclic amines) is 1. The van der Waals surface area contributed by atoms with E-state index in [4.69, 9.17) is 5.73 Å². The summed E-state index contributed by atoms with van der Waals surface area (Å²) in [7, 11) is 0. The average Bonchev–Trinajstić information content (AvgIpc) is 2.84. The van der Waals surface area contributed by atoms with Crippen LogP contribution in [0, 0.1) is 11.7 Å². The fourth-order valence-corrected chi connectivity index (χ4v) is 3.82. The van der Waals surface area contributed by atoms with Crippen LogP contribution in [0.25, 0.3) is 0 Å². The van der Waals surface area contributed by atoms with Crippen molar-refractivity contribution in [1.29, 1.82) is 0 Å². The standard InChI is InChI=1S/C16H23FN2/c17-15-6-5-12(9-14(15)10-18)11-19-8-7-13-3-1-2-4-16(13)19/h5-6,9,13,16H,1-4,7-8,10-11,18H2. The summed E-state index contributed by atoms with van der Waals surface area (Å²) in [5.74, 6) is 0.728. The van der Waals surface area contributed by atoms with Crippen LogP contribution >= 0.6 is 0 Å². The van der Waals surface area contributed by atoms with Gasteiger partial charge in [0.15, 0.2) is 0 Å². The Bertz CT molecular complexity index is 446. The van der Waals surface area contributed by atoms with Crippen LogP contribution in [-0.2, 0) is 13.1 Å². The van der Waals surface area contributed by atoms with Gasteiger partial charge in [-0.1, -0.05) is 25.0 Å². The summed E-state index contributed by atoms with van der Waals surface area (Å²) in [5, 5.41) is 0. The molecule has 1 aliphatic carbocycles. The first-order valence-electron chi connectivity index (χ1n) is 7.49. The lowest BCUT2D eigenvalue weighted by atomic mass is 9.85. The second-order valence-corrected chi connectivity index (χ2v) is 6.00. The quantitative estimate of drug-likeness (QED) is 0.907. The van der Waals surface area contributed by atoms with E-state index in [1.54, 1.807) is 6.07 Å². The molecule has 104 valence electrons. The predicted octanol–water partition coefficient (Wildman–Crippen LogP) is 3.05. The monoisotopic (exact) mass is 262 g/mol. The van der Waals surface area contributed by atoms with Gasteiger partial charge in [0.1, 0.15) is 5.82 Å². The summed E-state index contributed by atoms with van der Waals surface area (Å²) >= 11 is 0. The summed E-state index contributed by atoms with van der Waals surface area (Å²) in [6.45, 7) is 2.44. The zero-order valence-electron chi connectivity index (χ0n) is 11.4. The molecule has 1 saturated carbocycles. The minimum Gasteiger partial charge on any atom is -0.326 e. The van der Waals surface area contributed by atoms with E-state index in [-0.39, 0.29) is 12.4 Å². The zero-order valence-corrected chi connectivity index (χ0v) is 11.4. The second kappa shape index (κ2) is 5.59. The normalized spacial score (nSPS) is 27.5. The molecule has 0 bridgehead atoms. The third-order valence-electron chi connectivity index (χ3n) is 4.84. The Kier molecular flexibility index (Phi) is 3.85. The third-order valence-corrected chi connectivity index (χ3v) is 4.84. The third kappa shape index (κ3) is 2.67. The summed E-state index contributed by atoms with van der Waals surface area (Å²) in [6.07, 6.45) is 6.86. The van der Waals surface area contributed by atoms with Crippen LogP contribution in [-0.4, -0.2) is 17.5 Å². The fourth-order valence-electron chi connectivity index (χ4n) is 3.82. The summed E-state index contributed by atoms with van der Waals surface area (Å²) in [4.78, 5) is 2.59. The lowest BCUT2D eigenvalue weighted by molar-refractivity contribution is 0.176. The maximum Gasteiger partial charge on any atom is 0.127 e. The maximum absolute atomic E-state index is 13.5. The highest BCUT2D eigenvalue weighted by Crippen LogP contribution is 2.36. The van der Waals surface area contributed by atoms with E-state index in [0.29, 0.717) is 5.56 Å². The number of halogens is 1. The zero-order chi connectivity index (χ0) is 13.2. The second-order valence-electron chi connectivity index (χ2n) is 6.00. The van der Waals surface area contributed by atoms with Crippen molar-refractivity contribution in [1.82, 2.24) is 4.90 Å². The number of fused-ring (bicyclic) bond motifs is 1. The molecule has 2 atom stereocenters. The molecule has 1 heterocycles. The molecule has 2 fully saturated rings. The summed E-state index contributed by atoms with van der Waals surface area (Å²) < 4.78 is 13.5. The summed E-state index contributed by atoms with van der Waals surface area (Å²) in [6, 6.07) is 6.17. The van der Waals surface area contributed by atoms with Crippen LogP contribution in [0.2, 0.25) is 0 Å². The van der Waals surface area contributed by atoms with Gasteiger partial charge in [0.2, 0.25) is 0 Å². The van der Waals surface area contributed by atoms with Crippen LogP contribution in [0.3, 0.4) is 0 Å². The van der Waals surface area contributed by atoms with E-state index in [1.165, 1.54) is 44.2 Å². The van der Waals surface area contributed by atoms with Crippen molar-refractivity contribution >= 4 is 0 Å². The Morgan fingerprint density at radius 2 is 2.05 bits per heavy atom. The van der Waals surface area contributed by atoms with Gasteiger partial charge in [-0.3, -0.25) is 4.90 Å². The molecule has 1 saturated heterocycles. The van der Waals surface area contributed by atoms with Gasteiger partial charge >= 0.3 is 0 Å². The van der Waals surface area contributed by atoms with Gasteiger partial charge in [0.25, 0.3) is 0 Å². The van der Waals surface area contributed by atoms with Crippen molar-refractivity contribution in [2.24, 2.45) is 11.7 Å². The lowest BCUT2D eigenvalue weighted by Crippen LogP contribution is -2.34. The average molecular weight is 262 g/mol. The van der Waals surface area contributed by atoms with Crippen LogP contribution in [0.1, 0.15) is 43.2 Å². The van der Waals surface area contributed by atoms with Gasteiger partial charge in [0.05, 0.1) is 0 Å². The largest absolute Gasteiger partial charge is 0.326 e. The highest BCUT2D eigenvalue weighted by molar-refractivity contribution is 5.25. The number of nitrogens with two attached hydrogens (primary N) is 1. The van der Waals surface area contributed by atoms with E-state index in [2.05, 4.69) is 4.90 Å². The van der Waals surface area contributed by atoms with E-state index >= 15 is 0 Å². The first-order chi connectivity index (χ1) is 9.28. The van der Waals surface area contributed by atoms with E-state index < -0.39 is 0 Å². The molecule has 2 nitrogen and oxygen atoms in total. The van der Waals surface area contributed by atoms with E-state index in [1.807, 2.05) is 12.1 Å². The topological polar surface area (TPSA) is 29.3 Å². The fraction of sp³-hybridized carbons (Fsp3) is 0.625. The molecule has 19 heavy (non-hydrogen) atoms. The van der Waals surface area contributed by atoms with Crippen molar-refractivity contribution < 1.29 is 4.39 Å². The molecular formula is C16H23FN2. The van der Waals surface area contributed by atoms with Crippen molar-refractivity contribution in [2.75, 3.05) is 6.54 Å². The van der Waals surface area contributed by atoms with Crippen LogP contribution in [0.15, 0.2) is 18.2 Å². The van der Waals surface area contributed by atoms with Crippen molar-refractivity contribution in [2.45, 2.75) is 51.2 Å². The van der Waals surface area contributed by atoms with Crippen molar-refractivity contribution in [3.05, 3.63) is 35.1 Å². The molecule has 1 aromatic rings. The van der Waals surface area contributed by atoms with Crippen LogP contribution < -0.4 is 5.73 Å². The minimum absolute atomic E-state index is 0.178. The number of hydrogen-bond donors (Lipinski definition) is 1. The molecular weight excluding hydrogens is 239 g/mol. The molecule has 0 aromatic heterocycles. The smallest absolute Gasteiger partial charge is 0.127 e. The molecule has 0 radical (unpaired) electrons. The molecule has 2 aliphatic rings. The highest BCUT2D eigenvalue weighted by atomic mass is 19.1. The Morgan fingerprint density at radius 1 is 1.21 bits per heavy atom. The number of benzene rings is 1. The summed E-state index contributed by atoms with van der Waals surface area (Å²) in [5.41, 5.74) is 7.42. The number of rotatable bonds is 3. The molecule has 0 spiro atoms. The first kappa shape index (κ1) is 13.1. The molecule has 0 amide bonds. The number of hydrogen-bond acceptors (Lipinski definition) is 2. The first-order valence-corrected chi connectivity index (χ1v) is 7.49. The Labute approximate surface area is 114 Å². The van der Waals surface area contributed by atoms with Gasteiger partial charge < -0.3 is 5.73 Å². The maximum atomic E-state index is 13.5.